The lowest BCUT2D eigenvalue weighted by atomic mass is 9.96. The molecule has 4 heteroatoms. The number of aryl methyl sites for hydroxylation is 2. The molecule has 0 radical (unpaired) electrons. The van der Waals surface area contributed by atoms with Gasteiger partial charge in [0.15, 0.2) is 0 Å². The molecule has 0 amide bonds. The molecule has 0 aliphatic carbocycles. The Morgan fingerprint density at radius 3 is 2.50 bits per heavy atom. The summed E-state index contributed by atoms with van der Waals surface area (Å²) in [6, 6.07) is 10.4. The number of aromatic nitrogens is 2. The van der Waals surface area contributed by atoms with Crippen molar-refractivity contribution < 1.29 is 0 Å². The minimum Gasteiger partial charge on any atom is -0.271 e. The van der Waals surface area contributed by atoms with Crippen molar-refractivity contribution in [3.63, 3.8) is 0 Å². The maximum absolute atomic E-state index is 6.12. The van der Waals surface area contributed by atoms with Gasteiger partial charge < -0.3 is 0 Å². The number of benzene rings is 1. The molecule has 1 aromatic carbocycles. The Hall–Kier alpha value is -0.800. The number of hydrogen-bond donors (Lipinski definition) is 0. The molecule has 0 saturated heterocycles. The Morgan fingerprint density at radius 2 is 2.00 bits per heavy atom. The highest BCUT2D eigenvalue weighted by atomic mass is 79.9. The average molecular weight is 328 g/mol. The van der Waals surface area contributed by atoms with Crippen LogP contribution < -0.4 is 0 Å². The molecule has 1 aromatic heterocycles. The topological polar surface area (TPSA) is 17.8 Å². The zero-order chi connectivity index (χ0) is 13.1. The van der Waals surface area contributed by atoms with Crippen molar-refractivity contribution in [1.82, 2.24) is 9.78 Å². The Kier molecular flexibility index (Phi) is 4.46. The minimum absolute atomic E-state index is 0.318. The summed E-state index contributed by atoms with van der Waals surface area (Å²) >= 11 is 9.72. The predicted octanol–water partition coefficient (Wildman–Crippen LogP) is 4.06. The zero-order valence-corrected chi connectivity index (χ0v) is 12.9. The van der Waals surface area contributed by atoms with E-state index in [9.17, 15) is 0 Å². The SMILES string of the molecule is Cc1nn(C)c(CC(CCl)c2ccccc2)c1Br. The third-order valence-corrected chi connectivity index (χ3v) is 4.56. The van der Waals surface area contributed by atoms with E-state index in [4.69, 9.17) is 11.6 Å². The van der Waals surface area contributed by atoms with E-state index in [0.29, 0.717) is 11.8 Å². The number of alkyl halides is 1. The van der Waals surface area contributed by atoms with Gasteiger partial charge in [-0.1, -0.05) is 30.3 Å². The average Bonchev–Trinajstić information content (AvgIpc) is 2.62. The number of nitrogens with zero attached hydrogens (tertiary/aromatic N) is 2. The Balaban J connectivity index is 2.26. The van der Waals surface area contributed by atoms with Crippen LogP contribution in [0.4, 0.5) is 0 Å². The molecule has 0 N–H and O–H groups in total. The minimum atomic E-state index is 0.318. The first-order chi connectivity index (χ1) is 8.63. The second-order valence-electron chi connectivity index (χ2n) is 4.44. The van der Waals surface area contributed by atoms with Gasteiger partial charge in [-0.25, -0.2) is 0 Å². The highest BCUT2D eigenvalue weighted by Crippen LogP contribution is 2.28. The van der Waals surface area contributed by atoms with Gasteiger partial charge in [-0.2, -0.15) is 5.10 Å². The van der Waals surface area contributed by atoms with Gasteiger partial charge in [0.05, 0.1) is 15.9 Å². The van der Waals surface area contributed by atoms with E-state index in [0.717, 1.165) is 16.6 Å². The molecule has 2 aromatic rings. The monoisotopic (exact) mass is 326 g/mol. The van der Waals surface area contributed by atoms with Crippen LogP contribution in [0.1, 0.15) is 22.9 Å². The molecule has 1 heterocycles. The van der Waals surface area contributed by atoms with Gasteiger partial charge in [-0.05, 0) is 34.8 Å². The van der Waals surface area contributed by atoms with Crippen LogP contribution >= 0.6 is 27.5 Å². The molecule has 1 atom stereocenters. The van der Waals surface area contributed by atoms with Gasteiger partial charge in [0.25, 0.3) is 0 Å². The van der Waals surface area contributed by atoms with Gasteiger partial charge in [0.1, 0.15) is 0 Å². The van der Waals surface area contributed by atoms with E-state index in [1.54, 1.807) is 0 Å². The van der Waals surface area contributed by atoms with Gasteiger partial charge in [-0.15, -0.1) is 11.6 Å². The first-order valence-corrected chi connectivity index (χ1v) is 7.25. The molecule has 0 saturated carbocycles. The molecule has 96 valence electrons. The second kappa shape index (κ2) is 5.89. The highest BCUT2D eigenvalue weighted by Gasteiger charge is 2.17. The summed E-state index contributed by atoms with van der Waals surface area (Å²) in [5.41, 5.74) is 3.49. The fraction of sp³-hybridized carbons (Fsp3) is 0.357. The highest BCUT2D eigenvalue weighted by molar-refractivity contribution is 9.10. The van der Waals surface area contributed by atoms with Gasteiger partial charge >= 0.3 is 0 Å². The smallest absolute Gasteiger partial charge is 0.0738 e. The van der Waals surface area contributed by atoms with Crippen LogP contribution in [0.5, 0.6) is 0 Å². The van der Waals surface area contributed by atoms with Crippen molar-refractivity contribution in [2.24, 2.45) is 7.05 Å². The predicted molar refractivity (Wildman–Crippen MR) is 79.3 cm³/mol. The number of halogens is 2. The largest absolute Gasteiger partial charge is 0.271 e. The third kappa shape index (κ3) is 2.78. The summed E-state index contributed by atoms with van der Waals surface area (Å²) in [7, 11) is 1.98. The molecule has 0 aliphatic heterocycles. The molecule has 0 aliphatic rings. The van der Waals surface area contributed by atoms with E-state index in [-0.39, 0.29) is 0 Å². The Morgan fingerprint density at radius 1 is 1.33 bits per heavy atom. The lowest BCUT2D eigenvalue weighted by molar-refractivity contribution is 0.656. The summed E-state index contributed by atoms with van der Waals surface area (Å²) in [6.45, 7) is 2.01. The van der Waals surface area contributed by atoms with E-state index < -0.39 is 0 Å². The van der Waals surface area contributed by atoms with Crippen molar-refractivity contribution >= 4 is 27.5 Å². The molecule has 0 bridgehead atoms. The number of hydrogen-bond acceptors (Lipinski definition) is 1. The molecular weight excluding hydrogens is 312 g/mol. The Labute approximate surface area is 121 Å². The molecule has 18 heavy (non-hydrogen) atoms. The van der Waals surface area contributed by atoms with Crippen molar-refractivity contribution in [2.75, 3.05) is 5.88 Å². The van der Waals surface area contributed by atoms with Crippen molar-refractivity contribution in [1.29, 1.82) is 0 Å². The van der Waals surface area contributed by atoms with Crippen molar-refractivity contribution in [3.8, 4) is 0 Å². The standard InChI is InChI=1S/C14H16BrClN2/c1-10-14(15)13(18(2)17-10)8-12(9-16)11-6-4-3-5-7-11/h3-7,12H,8-9H2,1-2H3. The second-order valence-corrected chi connectivity index (χ2v) is 5.54. The summed E-state index contributed by atoms with van der Waals surface area (Å²) in [5, 5.41) is 4.42. The zero-order valence-electron chi connectivity index (χ0n) is 10.5. The molecule has 0 fully saturated rings. The molecule has 0 spiro atoms. The quantitative estimate of drug-likeness (QED) is 0.774. The van der Waals surface area contributed by atoms with E-state index in [1.807, 2.05) is 24.7 Å². The first-order valence-electron chi connectivity index (χ1n) is 5.92. The van der Waals surface area contributed by atoms with Gasteiger partial charge in [0, 0.05) is 18.8 Å². The summed E-state index contributed by atoms with van der Waals surface area (Å²) in [5.74, 6) is 0.930. The summed E-state index contributed by atoms with van der Waals surface area (Å²) in [6.07, 6.45) is 0.894. The van der Waals surface area contributed by atoms with E-state index in [2.05, 4.69) is 45.3 Å². The summed E-state index contributed by atoms with van der Waals surface area (Å²) in [4.78, 5) is 0. The van der Waals surface area contributed by atoms with Gasteiger partial charge in [0.2, 0.25) is 0 Å². The molecule has 1 unspecified atom stereocenters. The summed E-state index contributed by atoms with van der Waals surface area (Å²) < 4.78 is 3.03. The first kappa shape index (κ1) is 13.6. The third-order valence-electron chi connectivity index (χ3n) is 3.16. The lowest BCUT2D eigenvalue weighted by Crippen LogP contribution is -2.08. The van der Waals surface area contributed by atoms with Crippen LogP contribution in [-0.4, -0.2) is 15.7 Å². The van der Waals surface area contributed by atoms with Crippen LogP contribution in [0.2, 0.25) is 0 Å². The van der Waals surface area contributed by atoms with E-state index >= 15 is 0 Å². The molecule has 2 nitrogen and oxygen atoms in total. The Bertz CT molecular complexity index is 522. The van der Waals surface area contributed by atoms with Crippen LogP contribution in [-0.2, 0) is 13.5 Å². The lowest BCUT2D eigenvalue weighted by Gasteiger charge is -2.14. The molecule has 2 rings (SSSR count). The number of rotatable bonds is 4. The van der Waals surface area contributed by atoms with Crippen LogP contribution in [0, 0.1) is 6.92 Å². The fourth-order valence-corrected chi connectivity index (χ4v) is 2.91. The van der Waals surface area contributed by atoms with Crippen LogP contribution in [0.3, 0.4) is 0 Å². The van der Waals surface area contributed by atoms with Crippen LogP contribution in [0.25, 0.3) is 0 Å². The maximum atomic E-state index is 6.12. The normalized spacial score (nSPS) is 12.7. The van der Waals surface area contributed by atoms with Crippen LogP contribution in [0.15, 0.2) is 34.8 Å². The van der Waals surface area contributed by atoms with Crippen molar-refractivity contribution in [3.05, 3.63) is 51.8 Å². The molecular formula is C14H16BrClN2. The maximum Gasteiger partial charge on any atom is 0.0738 e. The van der Waals surface area contributed by atoms with Crippen molar-refractivity contribution in [2.45, 2.75) is 19.3 Å². The fourth-order valence-electron chi connectivity index (χ4n) is 2.12. The van der Waals surface area contributed by atoms with E-state index in [1.165, 1.54) is 11.3 Å². The van der Waals surface area contributed by atoms with Gasteiger partial charge in [-0.3, -0.25) is 4.68 Å².